The summed E-state index contributed by atoms with van der Waals surface area (Å²) < 4.78 is 0. The van der Waals surface area contributed by atoms with Gasteiger partial charge in [0.25, 0.3) is 11.8 Å². The molecule has 0 spiro atoms. The zero-order valence-electron chi connectivity index (χ0n) is 14.5. The molecule has 2 aliphatic heterocycles. The van der Waals surface area contributed by atoms with Crippen LogP contribution in [0.25, 0.3) is 0 Å². The van der Waals surface area contributed by atoms with Gasteiger partial charge >= 0.3 is 5.97 Å². The fraction of sp³-hybridized carbons (Fsp3) is 0.474. The molecule has 1 N–H and O–H groups in total. The number of carboxylic acid groups (broad SMARTS) is 1. The van der Waals surface area contributed by atoms with Crippen molar-refractivity contribution in [3.63, 3.8) is 0 Å². The normalized spacial score (nSPS) is 19.6. The van der Waals surface area contributed by atoms with Crippen molar-refractivity contribution in [2.75, 3.05) is 19.6 Å². The Bertz CT molecular complexity index is 710. The smallest absolute Gasteiger partial charge is 0.303 e. The molecule has 1 aromatic rings. The molecule has 0 radical (unpaired) electrons. The highest BCUT2D eigenvalue weighted by Gasteiger charge is 2.35. The average Bonchev–Trinajstić information content (AvgIpc) is 2.89. The molecule has 1 atom stereocenters. The molecular weight excluding hydrogens is 336 g/mol. The Hall–Kier alpha value is -2.70. The SMILES string of the molecule is O=C(O)CCC1CCCN(C(=O)CCN2C(=O)c3ccccc3C2=O)C1. The molecule has 2 aliphatic rings. The largest absolute Gasteiger partial charge is 0.481 e. The Balaban J connectivity index is 1.54. The van der Waals surface area contributed by atoms with Crippen LogP contribution < -0.4 is 0 Å². The predicted octanol–water partition coefficient (Wildman–Crippen LogP) is 1.78. The second-order valence-electron chi connectivity index (χ2n) is 6.84. The highest BCUT2D eigenvalue weighted by Crippen LogP contribution is 2.24. The fourth-order valence-corrected chi connectivity index (χ4v) is 3.66. The number of amides is 3. The first kappa shape index (κ1) is 18.1. The number of hydrogen-bond donors (Lipinski definition) is 1. The number of fused-ring (bicyclic) bond motifs is 1. The van der Waals surface area contributed by atoms with Crippen LogP contribution >= 0.6 is 0 Å². The van der Waals surface area contributed by atoms with Crippen LogP contribution in [-0.4, -0.2) is 58.2 Å². The molecular formula is C19H22N2O5. The second-order valence-corrected chi connectivity index (χ2v) is 6.84. The summed E-state index contributed by atoms with van der Waals surface area (Å²) in [7, 11) is 0. The standard InChI is InChI=1S/C19H22N2O5/c22-16(20-10-3-4-13(12-20)7-8-17(23)24)9-11-21-18(25)14-5-1-2-6-15(14)19(21)26/h1-2,5-6,13H,3-4,7-12H2,(H,23,24). The lowest BCUT2D eigenvalue weighted by Crippen LogP contribution is -2.42. The fourth-order valence-electron chi connectivity index (χ4n) is 3.66. The molecule has 0 aromatic heterocycles. The highest BCUT2D eigenvalue weighted by atomic mass is 16.4. The first-order chi connectivity index (χ1) is 12.5. The van der Waals surface area contributed by atoms with Crippen LogP contribution in [0.5, 0.6) is 0 Å². The minimum absolute atomic E-state index is 0.0709. The predicted molar refractivity (Wildman–Crippen MR) is 92.6 cm³/mol. The van der Waals surface area contributed by atoms with Gasteiger partial charge in [0.1, 0.15) is 0 Å². The van der Waals surface area contributed by atoms with E-state index < -0.39 is 5.97 Å². The third-order valence-corrected chi connectivity index (χ3v) is 5.07. The van der Waals surface area contributed by atoms with Crippen molar-refractivity contribution in [3.8, 4) is 0 Å². The molecule has 3 amide bonds. The molecule has 0 bridgehead atoms. The molecule has 1 saturated heterocycles. The third-order valence-electron chi connectivity index (χ3n) is 5.07. The Morgan fingerprint density at radius 2 is 1.73 bits per heavy atom. The van der Waals surface area contributed by atoms with E-state index in [2.05, 4.69) is 0 Å². The van der Waals surface area contributed by atoms with Gasteiger partial charge in [0.05, 0.1) is 11.1 Å². The summed E-state index contributed by atoms with van der Waals surface area (Å²) in [5.41, 5.74) is 0.772. The highest BCUT2D eigenvalue weighted by molar-refractivity contribution is 6.21. The Labute approximate surface area is 151 Å². The van der Waals surface area contributed by atoms with E-state index in [1.807, 2.05) is 0 Å². The van der Waals surface area contributed by atoms with Crippen LogP contribution in [0.1, 0.15) is 52.8 Å². The molecule has 1 fully saturated rings. The van der Waals surface area contributed by atoms with Crippen LogP contribution in [0.3, 0.4) is 0 Å². The third kappa shape index (κ3) is 3.76. The summed E-state index contributed by atoms with van der Waals surface area (Å²) in [6.07, 6.45) is 2.55. The number of hydrogen-bond acceptors (Lipinski definition) is 4. The zero-order valence-corrected chi connectivity index (χ0v) is 14.5. The van der Waals surface area contributed by atoms with E-state index in [1.54, 1.807) is 29.2 Å². The maximum atomic E-state index is 12.5. The van der Waals surface area contributed by atoms with E-state index in [9.17, 15) is 19.2 Å². The van der Waals surface area contributed by atoms with Gasteiger partial charge in [0.15, 0.2) is 0 Å². The molecule has 1 unspecified atom stereocenters. The minimum Gasteiger partial charge on any atom is -0.481 e. The summed E-state index contributed by atoms with van der Waals surface area (Å²) in [5, 5.41) is 8.80. The van der Waals surface area contributed by atoms with E-state index in [1.165, 1.54) is 0 Å². The van der Waals surface area contributed by atoms with Crippen molar-refractivity contribution in [2.24, 2.45) is 5.92 Å². The number of imide groups is 1. The molecule has 26 heavy (non-hydrogen) atoms. The molecule has 1 aromatic carbocycles. The first-order valence-electron chi connectivity index (χ1n) is 8.92. The van der Waals surface area contributed by atoms with Gasteiger partial charge in [-0.15, -0.1) is 0 Å². The van der Waals surface area contributed by atoms with Crippen molar-refractivity contribution in [1.82, 2.24) is 9.80 Å². The van der Waals surface area contributed by atoms with Gasteiger partial charge in [-0.2, -0.15) is 0 Å². The molecule has 7 nitrogen and oxygen atoms in total. The summed E-state index contributed by atoms with van der Waals surface area (Å²) in [4.78, 5) is 50.7. The molecule has 0 saturated carbocycles. The van der Waals surface area contributed by atoms with E-state index in [0.29, 0.717) is 30.6 Å². The molecule has 2 heterocycles. The van der Waals surface area contributed by atoms with Crippen molar-refractivity contribution in [2.45, 2.75) is 32.1 Å². The van der Waals surface area contributed by atoms with Gasteiger partial charge in [-0.25, -0.2) is 0 Å². The lowest BCUT2D eigenvalue weighted by Gasteiger charge is -2.33. The Morgan fingerprint density at radius 1 is 1.08 bits per heavy atom. The first-order valence-corrected chi connectivity index (χ1v) is 8.92. The maximum absolute atomic E-state index is 12.5. The number of rotatable bonds is 6. The van der Waals surface area contributed by atoms with Crippen molar-refractivity contribution in [1.29, 1.82) is 0 Å². The number of carbonyl (C=O) groups is 4. The van der Waals surface area contributed by atoms with Gasteiger partial charge in [-0.3, -0.25) is 24.1 Å². The van der Waals surface area contributed by atoms with E-state index >= 15 is 0 Å². The molecule has 7 heteroatoms. The topological polar surface area (TPSA) is 95.0 Å². The molecule has 138 valence electrons. The Kier molecular flexibility index (Phi) is 5.35. The molecule has 0 aliphatic carbocycles. The van der Waals surface area contributed by atoms with Crippen LogP contribution in [-0.2, 0) is 9.59 Å². The van der Waals surface area contributed by atoms with Crippen LogP contribution in [0.15, 0.2) is 24.3 Å². The zero-order chi connectivity index (χ0) is 18.7. The maximum Gasteiger partial charge on any atom is 0.303 e. The van der Waals surface area contributed by atoms with Gasteiger partial charge in [0.2, 0.25) is 5.91 Å². The number of aliphatic carboxylic acids is 1. The number of piperidine rings is 1. The Morgan fingerprint density at radius 3 is 2.35 bits per heavy atom. The van der Waals surface area contributed by atoms with Crippen molar-refractivity contribution < 1.29 is 24.3 Å². The van der Waals surface area contributed by atoms with Crippen LogP contribution in [0, 0.1) is 5.92 Å². The lowest BCUT2D eigenvalue weighted by molar-refractivity contribution is -0.137. The quantitative estimate of drug-likeness (QED) is 0.782. The van der Waals surface area contributed by atoms with Gasteiger partial charge in [-0.05, 0) is 37.3 Å². The van der Waals surface area contributed by atoms with Crippen LogP contribution in [0.2, 0.25) is 0 Å². The number of carboxylic acids is 1. The minimum atomic E-state index is -0.820. The summed E-state index contributed by atoms with van der Waals surface area (Å²) in [5.74, 6) is -1.42. The summed E-state index contributed by atoms with van der Waals surface area (Å²) >= 11 is 0. The average molecular weight is 358 g/mol. The van der Waals surface area contributed by atoms with Crippen molar-refractivity contribution >= 4 is 23.7 Å². The van der Waals surface area contributed by atoms with Crippen molar-refractivity contribution in [3.05, 3.63) is 35.4 Å². The summed E-state index contributed by atoms with van der Waals surface area (Å²) in [6.45, 7) is 1.26. The van der Waals surface area contributed by atoms with E-state index in [-0.39, 0.29) is 43.0 Å². The number of nitrogens with zero attached hydrogens (tertiary/aromatic N) is 2. The lowest BCUT2D eigenvalue weighted by atomic mass is 9.93. The number of benzene rings is 1. The number of carbonyl (C=O) groups excluding carboxylic acids is 3. The van der Waals surface area contributed by atoms with Crippen LogP contribution in [0.4, 0.5) is 0 Å². The van der Waals surface area contributed by atoms with Gasteiger partial charge in [0, 0.05) is 32.5 Å². The second kappa shape index (κ2) is 7.68. The molecule has 3 rings (SSSR count). The van der Waals surface area contributed by atoms with E-state index in [0.717, 1.165) is 17.7 Å². The monoisotopic (exact) mass is 358 g/mol. The van der Waals surface area contributed by atoms with Gasteiger partial charge in [-0.1, -0.05) is 12.1 Å². The van der Waals surface area contributed by atoms with Gasteiger partial charge < -0.3 is 10.0 Å². The number of likely N-dealkylation sites (tertiary alicyclic amines) is 1. The summed E-state index contributed by atoms with van der Waals surface area (Å²) in [6, 6.07) is 6.66. The van der Waals surface area contributed by atoms with E-state index in [4.69, 9.17) is 5.11 Å².